The average molecular weight is 484 g/mol. The van der Waals surface area contributed by atoms with Gasteiger partial charge in [-0.1, -0.05) is 54.1 Å². The molecule has 0 radical (unpaired) electrons. The Morgan fingerprint density at radius 1 is 0.886 bits per heavy atom. The number of carboxylic acid groups (broad SMARTS) is 1. The number of halogens is 1. The van der Waals surface area contributed by atoms with Gasteiger partial charge in [-0.25, -0.2) is 4.79 Å². The Labute approximate surface area is 210 Å². The van der Waals surface area contributed by atoms with Crippen LogP contribution in [0.25, 0.3) is 17.2 Å². The number of benzene rings is 3. The van der Waals surface area contributed by atoms with Crippen LogP contribution in [0.5, 0.6) is 0 Å². The summed E-state index contributed by atoms with van der Waals surface area (Å²) < 4.78 is 0. The molecular formula is C29H26ClN3O2. The molecule has 0 amide bonds. The highest BCUT2D eigenvalue weighted by molar-refractivity contribution is 6.31. The lowest BCUT2D eigenvalue weighted by Crippen LogP contribution is -2.17. The summed E-state index contributed by atoms with van der Waals surface area (Å²) in [6.45, 7) is 0.524. The normalized spacial score (nSPS) is 10.9. The summed E-state index contributed by atoms with van der Waals surface area (Å²) >= 11 is 6.77. The van der Waals surface area contributed by atoms with Crippen molar-refractivity contribution in [3.63, 3.8) is 0 Å². The summed E-state index contributed by atoms with van der Waals surface area (Å²) in [5, 5.41) is 9.64. The van der Waals surface area contributed by atoms with Gasteiger partial charge < -0.3 is 14.9 Å². The highest BCUT2D eigenvalue weighted by atomic mass is 35.5. The van der Waals surface area contributed by atoms with Gasteiger partial charge in [0, 0.05) is 49.3 Å². The standard InChI is InChI=1S/C29H26ClN3O2/c1-32(2)25-13-11-22(12-14-25)23-9-10-24(28(30)17-23)20-33(26-6-4-3-5-7-26)27-16-21(18-31-19-27)8-15-29(34)35/h3-19H,20H2,1-2H3,(H,34,35)/b15-8+. The van der Waals surface area contributed by atoms with Crippen LogP contribution in [0.3, 0.4) is 0 Å². The third-order valence-corrected chi connectivity index (χ3v) is 5.99. The predicted molar refractivity (Wildman–Crippen MR) is 144 cm³/mol. The van der Waals surface area contributed by atoms with Crippen LogP contribution in [0.2, 0.25) is 5.02 Å². The van der Waals surface area contributed by atoms with Crippen molar-refractivity contribution >= 4 is 40.7 Å². The van der Waals surface area contributed by atoms with E-state index in [2.05, 4.69) is 51.2 Å². The molecule has 4 rings (SSSR count). The molecule has 1 aromatic heterocycles. The van der Waals surface area contributed by atoms with Crippen molar-refractivity contribution in [2.24, 2.45) is 0 Å². The van der Waals surface area contributed by atoms with Gasteiger partial charge >= 0.3 is 5.97 Å². The first-order valence-electron chi connectivity index (χ1n) is 11.2. The first-order chi connectivity index (χ1) is 16.9. The average Bonchev–Trinajstić information content (AvgIpc) is 2.87. The molecule has 5 nitrogen and oxygen atoms in total. The molecule has 0 saturated heterocycles. The van der Waals surface area contributed by atoms with Crippen molar-refractivity contribution in [2.75, 3.05) is 23.9 Å². The van der Waals surface area contributed by atoms with Crippen molar-refractivity contribution < 1.29 is 9.90 Å². The molecule has 0 bridgehead atoms. The SMILES string of the molecule is CN(C)c1ccc(-c2ccc(CN(c3ccccc3)c3cncc(/C=C/C(=O)O)c3)c(Cl)c2)cc1. The van der Waals surface area contributed by atoms with Gasteiger partial charge in [0.05, 0.1) is 11.9 Å². The Balaban J connectivity index is 1.65. The molecule has 1 N–H and O–H groups in total. The van der Waals surface area contributed by atoms with Crippen molar-refractivity contribution in [1.82, 2.24) is 4.98 Å². The molecule has 176 valence electrons. The lowest BCUT2D eigenvalue weighted by Gasteiger charge is -2.26. The Morgan fingerprint density at radius 2 is 1.60 bits per heavy atom. The van der Waals surface area contributed by atoms with E-state index < -0.39 is 5.97 Å². The molecule has 0 aliphatic heterocycles. The third-order valence-electron chi connectivity index (χ3n) is 5.64. The zero-order valence-electron chi connectivity index (χ0n) is 19.6. The molecule has 3 aromatic carbocycles. The van der Waals surface area contributed by atoms with Crippen molar-refractivity contribution in [3.8, 4) is 11.1 Å². The summed E-state index contributed by atoms with van der Waals surface area (Å²) in [6, 6.07) is 26.4. The Kier molecular flexibility index (Phi) is 7.48. The van der Waals surface area contributed by atoms with Crippen LogP contribution in [0.4, 0.5) is 17.1 Å². The second-order valence-electron chi connectivity index (χ2n) is 8.32. The Hall–Kier alpha value is -4.09. The number of hydrogen-bond acceptors (Lipinski definition) is 4. The highest BCUT2D eigenvalue weighted by Gasteiger charge is 2.14. The minimum atomic E-state index is -1.00. The molecule has 35 heavy (non-hydrogen) atoms. The van der Waals surface area contributed by atoms with Gasteiger partial charge in [-0.3, -0.25) is 4.98 Å². The first-order valence-corrected chi connectivity index (χ1v) is 11.5. The van der Waals surface area contributed by atoms with Gasteiger partial charge in [-0.2, -0.15) is 0 Å². The number of pyridine rings is 1. The summed E-state index contributed by atoms with van der Waals surface area (Å²) in [6.07, 6.45) is 6.04. The molecule has 0 aliphatic rings. The summed E-state index contributed by atoms with van der Waals surface area (Å²) in [5.74, 6) is -1.00. The van der Waals surface area contributed by atoms with Gasteiger partial charge in [0.15, 0.2) is 0 Å². The quantitative estimate of drug-likeness (QED) is 0.276. The lowest BCUT2D eigenvalue weighted by atomic mass is 10.0. The Bertz CT molecular complexity index is 1340. The van der Waals surface area contributed by atoms with Crippen LogP contribution in [0.15, 0.2) is 97.3 Å². The molecule has 6 heteroatoms. The molecule has 4 aromatic rings. The number of carboxylic acids is 1. The minimum Gasteiger partial charge on any atom is -0.478 e. The topological polar surface area (TPSA) is 56.7 Å². The summed E-state index contributed by atoms with van der Waals surface area (Å²) in [7, 11) is 4.04. The van der Waals surface area contributed by atoms with E-state index in [0.29, 0.717) is 17.1 Å². The zero-order valence-corrected chi connectivity index (χ0v) is 20.4. The minimum absolute atomic E-state index is 0.524. The fourth-order valence-electron chi connectivity index (χ4n) is 3.77. The molecule has 0 fully saturated rings. The highest BCUT2D eigenvalue weighted by Crippen LogP contribution is 2.32. The number of rotatable bonds is 8. The smallest absolute Gasteiger partial charge is 0.328 e. The first kappa shape index (κ1) is 24.0. The molecule has 0 spiro atoms. The maximum absolute atomic E-state index is 10.9. The molecular weight excluding hydrogens is 458 g/mol. The van der Waals surface area contributed by atoms with Gasteiger partial charge in [0.1, 0.15) is 0 Å². The van der Waals surface area contributed by atoms with E-state index in [0.717, 1.165) is 39.8 Å². The van der Waals surface area contributed by atoms with Gasteiger partial charge in [-0.05, 0) is 64.7 Å². The fraction of sp³-hybridized carbons (Fsp3) is 0.103. The summed E-state index contributed by atoms with van der Waals surface area (Å²) in [4.78, 5) is 19.4. The number of anilines is 3. The monoisotopic (exact) mass is 483 g/mol. The number of aromatic nitrogens is 1. The van der Waals surface area contributed by atoms with E-state index in [1.54, 1.807) is 12.4 Å². The largest absolute Gasteiger partial charge is 0.478 e. The van der Waals surface area contributed by atoms with Crippen molar-refractivity contribution in [3.05, 3.63) is 113 Å². The number of nitrogens with zero attached hydrogens (tertiary/aromatic N) is 3. The van der Waals surface area contributed by atoms with Crippen LogP contribution < -0.4 is 9.80 Å². The molecule has 0 aliphatic carbocycles. The van der Waals surface area contributed by atoms with Gasteiger partial charge in [0.25, 0.3) is 0 Å². The maximum atomic E-state index is 10.9. The predicted octanol–water partition coefficient (Wildman–Crippen LogP) is 6.90. The van der Waals surface area contributed by atoms with Gasteiger partial charge in [0.2, 0.25) is 0 Å². The van der Waals surface area contributed by atoms with Crippen LogP contribution in [-0.4, -0.2) is 30.2 Å². The second-order valence-corrected chi connectivity index (χ2v) is 8.72. The fourth-order valence-corrected chi connectivity index (χ4v) is 4.01. The number of carbonyl (C=O) groups is 1. The van der Waals surface area contributed by atoms with Crippen molar-refractivity contribution in [2.45, 2.75) is 6.54 Å². The van der Waals surface area contributed by atoms with E-state index in [4.69, 9.17) is 16.7 Å². The van der Waals surface area contributed by atoms with Crippen LogP contribution >= 0.6 is 11.6 Å². The molecule has 0 atom stereocenters. The molecule has 0 saturated carbocycles. The maximum Gasteiger partial charge on any atom is 0.328 e. The van der Waals surface area contributed by atoms with Gasteiger partial charge in [-0.15, -0.1) is 0 Å². The van der Waals surface area contributed by atoms with E-state index in [-0.39, 0.29) is 0 Å². The zero-order chi connectivity index (χ0) is 24.8. The van der Waals surface area contributed by atoms with Crippen molar-refractivity contribution in [1.29, 1.82) is 0 Å². The van der Waals surface area contributed by atoms with E-state index in [1.807, 2.05) is 56.6 Å². The summed E-state index contributed by atoms with van der Waals surface area (Å²) in [5.41, 5.74) is 6.79. The Morgan fingerprint density at radius 3 is 2.26 bits per heavy atom. The van der Waals surface area contributed by atoms with Crippen LogP contribution in [0.1, 0.15) is 11.1 Å². The van der Waals surface area contributed by atoms with E-state index >= 15 is 0 Å². The molecule has 1 heterocycles. The second kappa shape index (κ2) is 10.9. The lowest BCUT2D eigenvalue weighted by molar-refractivity contribution is -0.131. The number of para-hydroxylation sites is 1. The van der Waals surface area contributed by atoms with Crippen LogP contribution in [0, 0.1) is 0 Å². The third kappa shape index (κ3) is 6.08. The number of hydrogen-bond donors (Lipinski definition) is 1. The number of aliphatic carboxylic acids is 1. The van der Waals surface area contributed by atoms with E-state index in [9.17, 15) is 4.79 Å². The van der Waals surface area contributed by atoms with E-state index in [1.165, 1.54) is 6.08 Å². The molecule has 0 unspecified atom stereocenters. The van der Waals surface area contributed by atoms with Crippen LogP contribution in [-0.2, 0) is 11.3 Å².